The fourth-order valence-corrected chi connectivity index (χ4v) is 4.28. The average Bonchev–Trinajstić information content (AvgIpc) is 3.05. The predicted octanol–water partition coefficient (Wildman–Crippen LogP) is 3.62. The molecule has 6 aromatic carbocycles. The maximum absolute atomic E-state index is 12.0. The summed E-state index contributed by atoms with van der Waals surface area (Å²) < 4.78 is 0. The summed E-state index contributed by atoms with van der Waals surface area (Å²) in [6.45, 7) is 0. The molecule has 14 nitrogen and oxygen atoms in total. The first-order valence-corrected chi connectivity index (χ1v) is 13.2. The minimum Gasteiger partial charge on any atom is -0.871 e. The predicted molar refractivity (Wildman–Crippen MR) is 160 cm³/mol. The van der Waals surface area contributed by atoms with E-state index in [-0.39, 0.29) is 92.5 Å². The van der Waals surface area contributed by atoms with E-state index >= 15 is 0 Å². The fraction of sp³-hybridized carbons (Fsp3) is 0. The molecule has 16 heteroatoms. The van der Waals surface area contributed by atoms with Crippen LogP contribution in [-0.4, -0.2) is 9.85 Å². The quantitative estimate of drug-likeness (QED) is 0.108. The van der Waals surface area contributed by atoms with Gasteiger partial charge in [0.05, 0.1) is 32.6 Å². The van der Waals surface area contributed by atoms with Gasteiger partial charge in [-0.3, -0.25) is 20.2 Å². The van der Waals surface area contributed by atoms with Gasteiger partial charge in [-0.25, -0.2) is 0 Å². The Kier molecular flexibility index (Phi) is 12.7. The standard InChI is InChI=1S/2C16H11N3O4.Cr.Na/c2*20-14-8-5-10-3-1-2-4-12(10)16(14)18-17-13-7-6-11(19(22)23)9-15(13)21;;/h2*1-9,20-21H;;/q;;+3;+1/p-4. The Balaban J connectivity index is 0.000000250. The maximum atomic E-state index is 12.0. The first-order valence-electron chi connectivity index (χ1n) is 13.2. The molecule has 0 unspecified atom stereocenters. The molecule has 0 amide bonds. The van der Waals surface area contributed by atoms with Gasteiger partial charge in [-0.05, 0) is 22.9 Å². The van der Waals surface area contributed by atoms with E-state index in [9.17, 15) is 40.7 Å². The molecule has 48 heavy (non-hydrogen) atoms. The molecule has 6 aromatic rings. The van der Waals surface area contributed by atoms with E-state index in [1.807, 2.05) is 24.3 Å². The second-order valence-corrected chi connectivity index (χ2v) is 9.49. The third-order valence-electron chi connectivity index (χ3n) is 6.55. The van der Waals surface area contributed by atoms with E-state index in [1.165, 1.54) is 24.3 Å². The van der Waals surface area contributed by atoms with Crippen LogP contribution < -0.4 is 50.0 Å². The number of non-ortho nitro benzene ring substituents is 2. The number of hydrogen-bond donors (Lipinski definition) is 0. The smallest absolute Gasteiger partial charge is 0.871 e. The molecule has 0 atom stereocenters. The van der Waals surface area contributed by atoms with Crippen LogP contribution in [-0.2, 0) is 17.4 Å². The van der Waals surface area contributed by atoms with Crippen LogP contribution in [0.5, 0.6) is 23.0 Å². The van der Waals surface area contributed by atoms with Gasteiger partial charge in [0.2, 0.25) is 0 Å². The van der Waals surface area contributed by atoms with Crippen LogP contribution in [0.2, 0.25) is 0 Å². The van der Waals surface area contributed by atoms with Crippen molar-refractivity contribution >= 4 is 55.7 Å². The molecular formula is C32H18CrN6NaO8. The zero-order valence-electron chi connectivity index (χ0n) is 24.7. The average molecular weight is 690 g/mol. The zero-order valence-corrected chi connectivity index (χ0v) is 28.0. The normalized spacial score (nSPS) is 10.7. The minimum absolute atomic E-state index is 0. The van der Waals surface area contributed by atoms with E-state index in [2.05, 4.69) is 20.5 Å². The summed E-state index contributed by atoms with van der Waals surface area (Å²) >= 11 is 0. The number of nitro benzene ring substituents is 2. The van der Waals surface area contributed by atoms with Gasteiger partial charge < -0.3 is 20.4 Å². The van der Waals surface area contributed by atoms with Crippen molar-refractivity contribution in [1.29, 1.82) is 0 Å². The molecule has 231 valence electrons. The molecule has 0 aromatic heterocycles. The Morgan fingerprint density at radius 1 is 0.458 bits per heavy atom. The minimum atomic E-state index is -0.664. The van der Waals surface area contributed by atoms with Crippen molar-refractivity contribution < 1.29 is 77.2 Å². The number of nitro groups is 2. The van der Waals surface area contributed by atoms with Gasteiger partial charge in [-0.15, -0.1) is 0 Å². The van der Waals surface area contributed by atoms with Gasteiger partial charge in [-0.2, -0.15) is 20.5 Å². The summed E-state index contributed by atoms with van der Waals surface area (Å²) in [6, 6.07) is 26.9. The molecule has 0 spiro atoms. The maximum Gasteiger partial charge on any atom is 3.00 e. The second kappa shape index (κ2) is 16.4. The Morgan fingerprint density at radius 2 is 0.833 bits per heavy atom. The van der Waals surface area contributed by atoms with Crippen molar-refractivity contribution in [3.63, 3.8) is 0 Å². The molecular weight excluding hydrogens is 671 g/mol. The molecule has 0 saturated heterocycles. The molecule has 0 fully saturated rings. The summed E-state index contributed by atoms with van der Waals surface area (Å²) in [5.41, 5.74) is -0.514. The Bertz CT molecular complexity index is 2040. The van der Waals surface area contributed by atoms with E-state index in [0.29, 0.717) is 10.8 Å². The molecule has 0 aliphatic carbocycles. The number of benzene rings is 6. The van der Waals surface area contributed by atoms with Crippen molar-refractivity contribution in [1.82, 2.24) is 0 Å². The molecule has 6 rings (SSSR count). The first-order chi connectivity index (χ1) is 22.1. The van der Waals surface area contributed by atoms with Crippen LogP contribution in [0.3, 0.4) is 0 Å². The van der Waals surface area contributed by atoms with Crippen molar-refractivity contribution in [3.8, 4) is 23.0 Å². The summed E-state index contributed by atoms with van der Waals surface area (Å²) in [6.07, 6.45) is 0. The molecule has 0 N–H and O–H groups in total. The molecule has 0 aliphatic rings. The van der Waals surface area contributed by atoms with Crippen LogP contribution in [0.25, 0.3) is 21.5 Å². The van der Waals surface area contributed by atoms with Crippen molar-refractivity contribution in [2.75, 3.05) is 0 Å². The van der Waals surface area contributed by atoms with Crippen molar-refractivity contribution in [3.05, 3.63) is 129 Å². The summed E-state index contributed by atoms with van der Waals surface area (Å²) in [5, 5.41) is 86.9. The fourth-order valence-electron chi connectivity index (χ4n) is 4.28. The van der Waals surface area contributed by atoms with Gasteiger partial charge in [0, 0.05) is 35.0 Å². The second-order valence-electron chi connectivity index (χ2n) is 9.49. The van der Waals surface area contributed by atoms with Crippen LogP contribution in [0.4, 0.5) is 34.1 Å². The number of azo groups is 2. The SMILES string of the molecule is O=[N+]([O-])c1ccc(N=Nc2c([O-])ccc3ccccc23)c([O-])c1.O=[N+]([O-])c1ccc(N=Nc2c([O-])ccc3ccccc23)c([O-])c1.[Cr+3].[Na+]. The van der Waals surface area contributed by atoms with E-state index in [4.69, 9.17) is 0 Å². The molecule has 1 radical (unpaired) electrons. The van der Waals surface area contributed by atoms with Crippen molar-refractivity contribution in [2.45, 2.75) is 0 Å². The monoisotopic (exact) mass is 689 g/mol. The summed E-state index contributed by atoms with van der Waals surface area (Å²) in [4.78, 5) is 19.9. The largest absolute Gasteiger partial charge is 3.00 e. The van der Waals surface area contributed by atoms with Gasteiger partial charge in [0.25, 0.3) is 11.4 Å². The number of nitrogens with zero attached hydrogens (tertiary/aromatic N) is 6. The molecule has 0 saturated carbocycles. The van der Waals surface area contributed by atoms with Crippen LogP contribution in [0.15, 0.2) is 130 Å². The Morgan fingerprint density at radius 3 is 1.19 bits per heavy atom. The van der Waals surface area contributed by atoms with Gasteiger partial charge in [0.15, 0.2) is 0 Å². The molecule has 0 bridgehead atoms. The van der Waals surface area contributed by atoms with Gasteiger partial charge >= 0.3 is 46.9 Å². The first kappa shape index (κ1) is 37.0. The Labute approximate surface area is 304 Å². The third kappa shape index (κ3) is 8.48. The summed E-state index contributed by atoms with van der Waals surface area (Å²) in [7, 11) is 0. The van der Waals surface area contributed by atoms with Crippen LogP contribution >= 0.6 is 0 Å². The number of rotatable bonds is 6. The van der Waals surface area contributed by atoms with E-state index in [1.54, 1.807) is 36.4 Å². The van der Waals surface area contributed by atoms with Gasteiger partial charge in [0.1, 0.15) is 0 Å². The van der Waals surface area contributed by atoms with Crippen molar-refractivity contribution in [2.24, 2.45) is 20.5 Å². The van der Waals surface area contributed by atoms with E-state index in [0.717, 1.165) is 35.0 Å². The topological polar surface area (TPSA) is 228 Å². The molecule has 0 aliphatic heterocycles. The van der Waals surface area contributed by atoms with Gasteiger partial charge in [-0.1, -0.05) is 95.8 Å². The molecule has 0 heterocycles. The van der Waals surface area contributed by atoms with E-state index < -0.39 is 21.3 Å². The number of fused-ring (bicyclic) bond motifs is 2. The Hall–Kier alpha value is -5.43. The number of hydrogen-bond acceptors (Lipinski definition) is 12. The zero-order chi connectivity index (χ0) is 32.8. The van der Waals surface area contributed by atoms with Crippen LogP contribution in [0, 0.1) is 20.2 Å². The third-order valence-corrected chi connectivity index (χ3v) is 6.55. The summed E-state index contributed by atoms with van der Waals surface area (Å²) in [5.74, 6) is -1.89. The van der Waals surface area contributed by atoms with Crippen LogP contribution in [0.1, 0.15) is 0 Å².